The Morgan fingerprint density at radius 2 is 2.00 bits per heavy atom. The topological polar surface area (TPSA) is 21.7 Å². The second-order valence-corrected chi connectivity index (χ2v) is 3.78. The summed E-state index contributed by atoms with van der Waals surface area (Å²) in [5, 5.41) is 0. The monoisotopic (exact) mass is 209 g/mol. The molecule has 0 unspecified atom stereocenters. The second kappa shape index (κ2) is 5.61. The Labute approximate surface area is 91.6 Å². The van der Waals surface area contributed by atoms with E-state index in [9.17, 15) is 0 Å². The van der Waals surface area contributed by atoms with Gasteiger partial charge in [-0.15, -0.1) is 0 Å². The van der Waals surface area contributed by atoms with Crippen LogP contribution in [-0.2, 0) is 0 Å². The molecule has 0 spiro atoms. The maximum absolute atomic E-state index is 5.67. The number of aryl methyl sites for hydroxylation is 1. The van der Waals surface area contributed by atoms with Crippen molar-refractivity contribution >= 4 is 0 Å². The molecule has 0 aromatic heterocycles. The van der Waals surface area contributed by atoms with E-state index in [1.54, 1.807) is 7.11 Å². The Balaban J connectivity index is 2.59. The Morgan fingerprint density at radius 1 is 1.27 bits per heavy atom. The Hall–Kier alpha value is -1.22. The maximum Gasteiger partial charge on any atom is 0.125 e. The minimum Gasteiger partial charge on any atom is -0.497 e. The smallest absolute Gasteiger partial charge is 0.125 e. The van der Waals surface area contributed by atoms with Gasteiger partial charge in [-0.1, -0.05) is 6.07 Å². The summed E-state index contributed by atoms with van der Waals surface area (Å²) in [4.78, 5) is 2.09. The standard InChI is InChI=1S/C12H19NO2/c1-10-5-6-11(14-4)9-12(10)15-8-7-13(2)3/h5-6,9H,7-8H2,1-4H3. The van der Waals surface area contributed by atoms with E-state index in [4.69, 9.17) is 9.47 Å². The summed E-state index contributed by atoms with van der Waals surface area (Å²) in [7, 11) is 5.72. The summed E-state index contributed by atoms with van der Waals surface area (Å²) in [5.41, 5.74) is 1.13. The summed E-state index contributed by atoms with van der Waals surface area (Å²) in [6.45, 7) is 3.64. The van der Waals surface area contributed by atoms with Gasteiger partial charge in [-0.25, -0.2) is 0 Å². The van der Waals surface area contributed by atoms with Crippen molar-refractivity contribution < 1.29 is 9.47 Å². The molecule has 0 amide bonds. The molecule has 0 heterocycles. The van der Waals surface area contributed by atoms with Crippen LogP contribution in [0.1, 0.15) is 5.56 Å². The quantitative estimate of drug-likeness (QED) is 0.739. The van der Waals surface area contributed by atoms with E-state index in [0.29, 0.717) is 6.61 Å². The minimum absolute atomic E-state index is 0.695. The molecule has 1 aromatic rings. The molecule has 84 valence electrons. The van der Waals surface area contributed by atoms with Gasteiger partial charge in [0.25, 0.3) is 0 Å². The highest BCUT2D eigenvalue weighted by Gasteiger charge is 2.01. The number of likely N-dealkylation sites (N-methyl/N-ethyl adjacent to an activating group) is 1. The van der Waals surface area contributed by atoms with Gasteiger partial charge in [-0.2, -0.15) is 0 Å². The first-order valence-electron chi connectivity index (χ1n) is 5.05. The lowest BCUT2D eigenvalue weighted by Crippen LogP contribution is -2.19. The zero-order chi connectivity index (χ0) is 11.3. The Kier molecular flexibility index (Phi) is 4.43. The van der Waals surface area contributed by atoms with Crippen LogP contribution in [0.3, 0.4) is 0 Å². The van der Waals surface area contributed by atoms with Crippen LogP contribution in [0.4, 0.5) is 0 Å². The molecular formula is C12H19NO2. The normalized spacial score (nSPS) is 10.5. The van der Waals surface area contributed by atoms with Crippen molar-refractivity contribution in [3.8, 4) is 11.5 Å². The fourth-order valence-corrected chi connectivity index (χ4v) is 1.20. The average molecular weight is 209 g/mol. The van der Waals surface area contributed by atoms with Gasteiger partial charge in [0.05, 0.1) is 7.11 Å². The molecule has 3 nitrogen and oxygen atoms in total. The van der Waals surface area contributed by atoms with E-state index in [1.165, 1.54) is 0 Å². The van der Waals surface area contributed by atoms with Crippen molar-refractivity contribution in [3.05, 3.63) is 23.8 Å². The van der Waals surface area contributed by atoms with Gasteiger partial charge in [-0.05, 0) is 32.6 Å². The van der Waals surface area contributed by atoms with Crippen molar-refractivity contribution in [3.63, 3.8) is 0 Å². The van der Waals surface area contributed by atoms with Gasteiger partial charge in [0.1, 0.15) is 18.1 Å². The fourth-order valence-electron chi connectivity index (χ4n) is 1.20. The van der Waals surface area contributed by atoms with Gasteiger partial charge in [0.2, 0.25) is 0 Å². The highest BCUT2D eigenvalue weighted by molar-refractivity contribution is 5.39. The highest BCUT2D eigenvalue weighted by Crippen LogP contribution is 2.23. The van der Waals surface area contributed by atoms with E-state index in [2.05, 4.69) is 4.90 Å². The largest absolute Gasteiger partial charge is 0.497 e. The number of hydrogen-bond acceptors (Lipinski definition) is 3. The van der Waals surface area contributed by atoms with Crippen LogP contribution >= 0.6 is 0 Å². The van der Waals surface area contributed by atoms with Gasteiger partial charge in [-0.3, -0.25) is 0 Å². The van der Waals surface area contributed by atoms with Crippen LogP contribution in [0.2, 0.25) is 0 Å². The first-order chi connectivity index (χ1) is 7.13. The van der Waals surface area contributed by atoms with Crippen molar-refractivity contribution in [2.75, 3.05) is 34.4 Å². The van der Waals surface area contributed by atoms with Crippen molar-refractivity contribution in [2.24, 2.45) is 0 Å². The molecule has 0 atom stereocenters. The molecule has 0 saturated heterocycles. The van der Waals surface area contributed by atoms with Crippen LogP contribution in [0, 0.1) is 6.92 Å². The molecule has 0 saturated carbocycles. The summed E-state index contributed by atoms with van der Waals surface area (Å²) < 4.78 is 10.8. The third-order valence-corrected chi connectivity index (χ3v) is 2.19. The van der Waals surface area contributed by atoms with E-state index in [0.717, 1.165) is 23.6 Å². The van der Waals surface area contributed by atoms with Gasteiger partial charge >= 0.3 is 0 Å². The van der Waals surface area contributed by atoms with Crippen LogP contribution in [0.15, 0.2) is 18.2 Å². The molecule has 1 rings (SSSR count). The van der Waals surface area contributed by atoms with E-state index in [1.807, 2.05) is 39.2 Å². The van der Waals surface area contributed by atoms with Crippen molar-refractivity contribution in [1.82, 2.24) is 4.90 Å². The molecule has 0 fully saturated rings. The lowest BCUT2D eigenvalue weighted by Gasteiger charge is -2.13. The van der Waals surface area contributed by atoms with Crippen LogP contribution in [0.25, 0.3) is 0 Å². The lowest BCUT2D eigenvalue weighted by molar-refractivity contribution is 0.259. The van der Waals surface area contributed by atoms with Crippen LogP contribution in [0.5, 0.6) is 11.5 Å². The predicted molar refractivity (Wildman–Crippen MR) is 61.8 cm³/mol. The highest BCUT2D eigenvalue weighted by atomic mass is 16.5. The first-order valence-corrected chi connectivity index (χ1v) is 5.05. The maximum atomic E-state index is 5.67. The minimum atomic E-state index is 0.695. The number of nitrogens with zero attached hydrogens (tertiary/aromatic N) is 1. The number of ether oxygens (including phenoxy) is 2. The van der Waals surface area contributed by atoms with Crippen molar-refractivity contribution in [1.29, 1.82) is 0 Å². The average Bonchev–Trinajstić information content (AvgIpc) is 2.20. The second-order valence-electron chi connectivity index (χ2n) is 3.78. The zero-order valence-electron chi connectivity index (χ0n) is 9.91. The molecule has 0 radical (unpaired) electrons. The van der Waals surface area contributed by atoms with E-state index in [-0.39, 0.29) is 0 Å². The van der Waals surface area contributed by atoms with Crippen LogP contribution in [-0.4, -0.2) is 39.3 Å². The lowest BCUT2D eigenvalue weighted by atomic mass is 10.2. The summed E-state index contributed by atoms with van der Waals surface area (Å²) in [6, 6.07) is 5.86. The van der Waals surface area contributed by atoms with E-state index >= 15 is 0 Å². The molecule has 1 aromatic carbocycles. The summed E-state index contributed by atoms with van der Waals surface area (Å²) in [6.07, 6.45) is 0. The fraction of sp³-hybridized carbons (Fsp3) is 0.500. The third kappa shape index (κ3) is 3.80. The van der Waals surface area contributed by atoms with Gasteiger partial charge in [0.15, 0.2) is 0 Å². The summed E-state index contributed by atoms with van der Waals surface area (Å²) >= 11 is 0. The Bertz CT molecular complexity index is 310. The van der Waals surface area contributed by atoms with Crippen molar-refractivity contribution in [2.45, 2.75) is 6.92 Å². The van der Waals surface area contributed by atoms with Gasteiger partial charge in [0, 0.05) is 12.6 Å². The molecule has 3 heteroatoms. The molecule has 15 heavy (non-hydrogen) atoms. The molecule has 0 bridgehead atoms. The third-order valence-electron chi connectivity index (χ3n) is 2.19. The molecule has 0 N–H and O–H groups in total. The predicted octanol–water partition coefficient (Wildman–Crippen LogP) is 1.94. The van der Waals surface area contributed by atoms with Gasteiger partial charge < -0.3 is 14.4 Å². The van der Waals surface area contributed by atoms with E-state index < -0.39 is 0 Å². The van der Waals surface area contributed by atoms with Crippen LogP contribution < -0.4 is 9.47 Å². The Morgan fingerprint density at radius 3 is 2.60 bits per heavy atom. The molecule has 0 aliphatic heterocycles. The zero-order valence-corrected chi connectivity index (χ0v) is 9.91. The summed E-state index contributed by atoms with van der Waals surface area (Å²) in [5.74, 6) is 1.73. The molecular weight excluding hydrogens is 190 g/mol. The molecule has 0 aliphatic rings. The number of hydrogen-bond donors (Lipinski definition) is 0. The number of rotatable bonds is 5. The number of benzene rings is 1. The number of methoxy groups -OCH3 is 1. The molecule has 0 aliphatic carbocycles. The first kappa shape index (κ1) is 11.9. The SMILES string of the molecule is COc1ccc(C)c(OCCN(C)C)c1.